The monoisotopic (exact) mass is 588 g/mol. The Hall–Kier alpha value is -2.23. The molecule has 236 valence electrons. The number of benzene rings is 1. The Kier molecular flexibility index (Phi) is 7.26. The van der Waals surface area contributed by atoms with E-state index in [4.69, 9.17) is 4.74 Å². The van der Waals surface area contributed by atoms with Crippen LogP contribution in [0, 0.1) is 56.7 Å². The Bertz CT molecular complexity index is 1330. The first kappa shape index (κ1) is 30.8. The third kappa shape index (κ3) is 4.46. The van der Waals surface area contributed by atoms with Gasteiger partial charge < -0.3 is 14.9 Å². The molecule has 5 fully saturated rings. The Balaban J connectivity index is 1.22. The van der Waals surface area contributed by atoms with E-state index in [0.29, 0.717) is 39.6 Å². The van der Waals surface area contributed by atoms with Crippen molar-refractivity contribution in [3.8, 4) is 11.5 Å². The largest absolute Gasteiger partial charge is 0.504 e. The zero-order valence-corrected chi connectivity index (χ0v) is 27.8. The molecule has 4 heteroatoms. The van der Waals surface area contributed by atoms with Gasteiger partial charge in [-0.25, -0.2) is 4.79 Å². The van der Waals surface area contributed by atoms with Gasteiger partial charge in [0.25, 0.3) is 0 Å². The molecule has 0 aliphatic heterocycles. The van der Waals surface area contributed by atoms with Crippen molar-refractivity contribution < 1.29 is 19.7 Å². The van der Waals surface area contributed by atoms with Gasteiger partial charge in [-0.3, -0.25) is 0 Å². The predicted octanol–water partition coefficient (Wildman–Crippen LogP) is 9.70. The summed E-state index contributed by atoms with van der Waals surface area (Å²) in [6.45, 7) is 22.1. The van der Waals surface area contributed by atoms with Gasteiger partial charge in [0.15, 0.2) is 11.5 Å². The van der Waals surface area contributed by atoms with Crippen LogP contribution in [0.4, 0.5) is 0 Å². The van der Waals surface area contributed by atoms with Crippen molar-refractivity contribution in [2.45, 2.75) is 119 Å². The van der Waals surface area contributed by atoms with E-state index in [9.17, 15) is 15.0 Å². The number of ether oxygens (including phenoxy) is 1. The third-order valence-corrected chi connectivity index (χ3v) is 15.1. The van der Waals surface area contributed by atoms with Gasteiger partial charge in [0.1, 0.15) is 6.10 Å². The second-order valence-corrected chi connectivity index (χ2v) is 17.2. The highest BCUT2D eigenvalue weighted by atomic mass is 16.5. The first-order chi connectivity index (χ1) is 20.1. The maximum absolute atomic E-state index is 13.0. The van der Waals surface area contributed by atoms with Crippen LogP contribution in [0.1, 0.15) is 118 Å². The highest BCUT2D eigenvalue weighted by molar-refractivity contribution is 5.87. The quantitative estimate of drug-likeness (QED) is 0.159. The van der Waals surface area contributed by atoms with Gasteiger partial charge >= 0.3 is 5.97 Å². The van der Waals surface area contributed by atoms with Crippen LogP contribution in [0.15, 0.2) is 36.4 Å². The lowest BCUT2D eigenvalue weighted by Crippen LogP contribution is -2.66. The minimum atomic E-state index is -0.336. The Morgan fingerprint density at radius 2 is 1.60 bits per heavy atom. The van der Waals surface area contributed by atoms with Gasteiger partial charge in [-0.1, -0.05) is 59.8 Å². The number of rotatable bonds is 4. The summed E-state index contributed by atoms with van der Waals surface area (Å²) in [5.74, 6) is 2.79. The standard InChI is InChI=1S/C39H56O4/c1-24(2)26-15-18-36(5)21-22-38(7)27(34(26)36)11-13-31-37(6)19-17-32(35(3,4)30(37)16-20-39(31,38)8)43-33(42)14-10-25-9-12-28(40)29(41)23-25/h9-10,12,14,23,26-27,30-32,34,40-41H,1,11,13,15-22H2,2-8H3/t26-,27+,30-,31+,32-,34+,36+,37-,38+,39+/m0/s1. The molecule has 43 heavy (non-hydrogen) atoms. The number of phenolic OH excluding ortho intramolecular Hbond substituents is 2. The van der Waals surface area contributed by atoms with Crippen molar-refractivity contribution in [1.29, 1.82) is 0 Å². The molecular formula is C39H56O4. The van der Waals surface area contributed by atoms with Crippen LogP contribution >= 0.6 is 0 Å². The number of aromatic hydroxyl groups is 2. The SMILES string of the molecule is C=C(C)[C@@H]1CC[C@]2(C)CC[C@]3(C)[C@H](CC[C@@H]4[C@@]5(C)CC[C@H](OC(=O)C=Cc6ccc(O)c(O)c6)C(C)(C)[C@@H]5CC[C@]43C)[C@@H]12. The molecule has 0 spiro atoms. The van der Waals surface area contributed by atoms with E-state index < -0.39 is 0 Å². The van der Waals surface area contributed by atoms with E-state index in [2.05, 4.69) is 55.0 Å². The molecule has 0 saturated heterocycles. The lowest BCUT2D eigenvalue weighted by atomic mass is 9.32. The first-order valence-corrected chi connectivity index (χ1v) is 17.1. The highest BCUT2D eigenvalue weighted by Crippen LogP contribution is 2.77. The molecule has 1 aromatic rings. The zero-order valence-electron chi connectivity index (χ0n) is 27.8. The van der Waals surface area contributed by atoms with Crippen molar-refractivity contribution >= 4 is 12.0 Å². The highest BCUT2D eigenvalue weighted by Gasteiger charge is 2.70. The van der Waals surface area contributed by atoms with Crippen molar-refractivity contribution in [2.75, 3.05) is 0 Å². The molecule has 1 aromatic carbocycles. The summed E-state index contributed by atoms with van der Waals surface area (Å²) >= 11 is 0. The van der Waals surface area contributed by atoms with Crippen LogP contribution in [0.3, 0.4) is 0 Å². The number of carbonyl (C=O) groups is 1. The second kappa shape index (κ2) is 10.1. The van der Waals surface area contributed by atoms with E-state index in [1.165, 1.54) is 75.1 Å². The zero-order chi connectivity index (χ0) is 31.2. The molecule has 5 aliphatic rings. The summed E-state index contributed by atoms with van der Waals surface area (Å²) in [6, 6.07) is 4.54. The molecule has 6 rings (SSSR count). The van der Waals surface area contributed by atoms with Crippen LogP contribution in [0.2, 0.25) is 0 Å². The third-order valence-electron chi connectivity index (χ3n) is 15.1. The number of esters is 1. The van der Waals surface area contributed by atoms with E-state index in [1.54, 1.807) is 12.1 Å². The minimum Gasteiger partial charge on any atom is -0.504 e. The van der Waals surface area contributed by atoms with Gasteiger partial charge in [-0.2, -0.15) is 0 Å². The molecule has 4 nitrogen and oxygen atoms in total. The number of phenols is 2. The Morgan fingerprint density at radius 1 is 0.860 bits per heavy atom. The van der Waals surface area contributed by atoms with Crippen LogP contribution in [0.25, 0.3) is 6.08 Å². The maximum Gasteiger partial charge on any atom is 0.331 e. The van der Waals surface area contributed by atoms with Crippen LogP contribution in [-0.4, -0.2) is 22.3 Å². The fraction of sp³-hybridized carbons (Fsp3) is 0.718. The van der Waals surface area contributed by atoms with Gasteiger partial charge in [-0.15, -0.1) is 0 Å². The van der Waals surface area contributed by atoms with E-state index >= 15 is 0 Å². The first-order valence-electron chi connectivity index (χ1n) is 17.1. The molecule has 2 N–H and O–H groups in total. The summed E-state index contributed by atoms with van der Waals surface area (Å²) in [7, 11) is 0. The van der Waals surface area contributed by atoms with Gasteiger partial charge in [0.05, 0.1) is 0 Å². The fourth-order valence-corrected chi connectivity index (χ4v) is 12.7. The lowest BCUT2D eigenvalue weighted by molar-refractivity contribution is -0.248. The smallest absolute Gasteiger partial charge is 0.331 e. The summed E-state index contributed by atoms with van der Waals surface area (Å²) in [5, 5.41) is 19.4. The minimum absolute atomic E-state index is 0.103. The Labute approximate surface area is 260 Å². The normalized spacial score (nSPS) is 45.0. The average molecular weight is 589 g/mol. The van der Waals surface area contributed by atoms with Gasteiger partial charge in [0, 0.05) is 11.5 Å². The molecule has 10 atom stereocenters. The van der Waals surface area contributed by atoms with Gasteiger partial charge in [-0.05, 0) is 146 Å². The van der Waals surface area contributed by atoms with Gasteiger partial charge in [0.2, 0.25) is 0 Å². The van der Waals surface area contributed by atoms with E-state index in [-0.39, 0.29) is 34.4 Å². The van der Waals surface area contributed by atoms with Crippen LogP contribution in [-0.2, 0) is 9.53 Å². The molecule has 0 radical (unpaired) electrons. The van der Waals surface area contributed by atoms with Crippen molar-refractivity contribution in [3.63, 3.8) is 0 Å². The molecule has 0 heterocycles. The summed E-state index contributed by atoms with van der Waals surface area (Å²) in [6.07, 6.45) is 15.6. The molecule has 5 aliphatic carbocycles. The molecule has 0 amide bonds. The van der Waals surface area contributed by atoms with E-state index in [0.717, 1.165) is 24.7 Å². The second-order valence-electron chi connectivity index (χ2n) is 17.2. The Morgan fingerprint density at radius 3 is 2.30 bits per heavy atom. The number of carbonyl (C=O) groups excluding carboxylic acids is 1. The average Bonchev–Trinajstić information content (AvgIpc) is 3.29. The number of hydrogen-bond donors (Lipinski definition) is 2. The van der Waals surface area contributed by atoms with Crippen molar-refractivity contribution in [1.82, 2.24) is 0 Å². The predicted molar refractivity (Wildman–Crippen MR) is 173 cm³/mol. The number of allylic oxidation sites excluding steroid dienone is 1. The van der Waals surface area contributed by atoms with Crippen molar-refractivity contribution in [2.24, 2.45) is 56.7 Å². The lowest BCUT2D eigenvalue weighted by Gasteiger charge is -2.73. The molecule has 0 bridgehead atoms. The maximum atomic E-state index is 13.0. The summed E-state index contributed by atoms with van der Waals surface area (Å²) in [4.78, 5) is 13.0. The van der Waals surface area contributed by atoms with Crippen LogP contribution in [0.5, 0.6) is 11.5 Å². The molecule has 0 unspecified atom stereocenters. The fourth-order valence-electron chi connectivity index (χ4n) is 12.7. The topological polar surface area (TPSA) is 66.8 Å². The molecule has 0 aromatic heterocycles. The molecule has 5 saturated carbocycles. The summed E-state index contributed by atoms with van der Waals surface area (Å²) in [5.41, 5.74) is 3.40. The van der Waals surface area contributed by atoms with E-state index in [1.807, 2.05) is 0 Å². The summed E-state index contributed by atoms with van der Waals surface area (Å²) < 4.78 is 6.19. The van der Waals surface area contributed by atoms with Crippen LogP contribution < -0.4 is 0 Å². The number of fused-ring (bicyclic) bond motifs is 7. The van der Waals surface area contributed by atoms with Crippen molar-refractivity contribution in [3.05, 3.63) is 42.0 Å². The number of hydrogen-bond acceptors (Lipinski definition) is 4. The molecular weight excluding hydrogens is 532 g/mol.